The molecule has 0 atom stereocenters. The summed E-state index contributed by atoms with van der Waals surface area (Å²) in [5.74, 6) is 1.29. The molecule has 0 unspecified atom stereocenters. The van der Waals surface area contributed by atoms with Crippen molar-refractivity contribution in [1.29, 1.82) is 0 Å². The molecule has 6 heteroatoms. The molecule has 0 amide bonds. The van der Waals surface area contributed by atoms with Crippen LogP contribution >= 0.6 is 27.5 Å². The molecule has 3 aromatic rings. The molecule has 0 spiro atoms. The van der Waals surface area contributed by atoms with Gasteiger partial charge in [0.15, 0.2) is 0 Å². The van der Waals surface area contributed by atoms with Crippen molar-refractivity contribution in [2.24, 2.45) is 0 Å². The molecule has 0 saturated heterocycles. The number of halogens is 2. The Bertz CT molecular complexity index is 807. The molecule has 1 heterocycles. The van der Waals surface area contributed by atoms with Crippen LogP contribution in [0, 0.1) is 0 Å². The first kappa shape index (κ1) is 14.1. The van der Waals surface area contributed by atoms with Crippen molar-refractivity contribution in [1.82, 2.24) is 9.97 Å². The summed E-state index contributed by atoms with van der Waals surface area (Å²) in [6, 6.07) is 13.4. The number of nitrogens with one attached hydrogen (secondary N) is 2. The van der Waals surface area contributed by atoms with Crippen molar-refractivity contribution < 1.29 is 0 Å². The topological polar surface area (TPSA) is 49.8 Å². The number of hydrogen-bond acceptors (Lipinski definition) is 4. The minimum absolute atomic E-state index is 0.564. The van der Waals surface area contributed by atoms with Gasteiger partial charge in [-0.15, -0.1) is 0 Å². The van der Waals surface area contributed by atoms with E-state index in [-0.39, 0.29) is 0 Å². The molecule has 2 aromatic carbocycles. The zero-order valence-corrected chi connectivity index (χ0v) is 13.5. The van der Waals surface area contributed by atoms with Crippen LogP contribution in [0.15, 0.2) is 46.9 Å². The highest BCUT2D eigenvalue weighted by atomic mass is 79.9. The van der Waals surface area contributed by atoms with Gasteiger partial charge in [0, 0.05) is 21.9 Å². The van der Waals surface area contributed by atoms with E-state index in [9.17, 15) is 0 Å². The third-order valence-electron chi connectivity index (χ3n) is 3.01. The molecule has 0 aliphatic heterocycles. The molecule has 0 saturated carbocycles. The van der Waals surface area contributed by atoms with Crippen LogP contribution in [-0.2, 0) is 0 Å². The summed E-state index contributed by atoms with van der Waals surface area (Å²) >= 11 is 9.56. The van der Waals surface area contributed by atoms with E-state index in [0.29, 0.717) is 11.0 Å². The third-order valence-corrected chi connectivity index (χ3v) is 3.93. The summed E-state index contributed by atoms with van der Waals surface area (Å²) in [4.78, 5) is 8.92. The van der Waals surface area contributed by atoms with Crippen LogP contribution in [0.4, 0.5) is 17.5 Å². The number of benzene rings is 2. The van der Waals surface area contributed by atoms with Gasteiger partial charge in [-0.3, -0.25) is 0 Å². The van der Waals surface area contributed by atoms with E-state index in [2.05, 4.69) is 36.5 Å². The molecule has 0 radical (unpaired) electrons. The van der Waals surface area contributed by atoms with E-state index >= 15 is 0 Å². The predicted molar refractivity (Wildman–Crippen MR) is 91.5 cm³/mol. The fourth-order valence-corrected chi connectivity index (χ4v) is 2.52. The maximum atomic E-state index is 6.05. The zero-order valence-electron chi connectivity index (χ0n) is 11.2. The second kappa shape index (κ2) is 5.87. The first-order valence-corrected chi connectivity index (χ1v) is 7.51. The number of aromatic nitrogens is 2. The van der Waals surface area contributed by atoms with Gasteiger partial charge in [-0.25, -0.2) is 4.98 Å². The van der Waals surface area contributed by atoms with Gasteiger partial charge < -0.3 is 10.6 Å². The molecule has 0 fully saturated rings. The van der Waals surface area contributed by atoms with E-state index in [1.807, 2.05) is 42.5 Å². The van der Waals surface area contributed by atoms with Gasteiger partial charge >= 0.3 is 0 Å². The quantitative estimate of drug-likeness (QED) is 0.699. The third kappa shape index (κ3) is 2.94. The lowest BCUT2D eigenvalue weighted by Crippen LogP contribution is -2.02. The summed E-state index contributed by atoms with van der Waals surface area (Å²) in [6.45, 7) is 0. The number of para-hydroxylation sites is 1. The Kier molecular flexibility index (Phi) is 3.94. The Balaban J connectivity index is 2.13. The Morgan fingerprint density at radius 1 is 1.10 bits per heavy atom. The second-order valence-electron chi connectivity index (χ2n) is 4.41. The predicted octanol–water partition coefficient (Wildman–Crippen LogP) is 4.83. The standard InChI is InChI=1S/C15H12BrClN4/c1-18-15-20-12-5-3-2-4-10(12)14(21-15)19-13-8-9(17)6-7-11(13)16/h2-8H,1H3,(H2,18,19,20,21). The second-order valence-corrected chi connectivity index (χ2v) is 5.70. The SMILES string of the molecule is CNc1nc(Nc2cc(Cl)ccc2Br)c2ccccc2n1. The summed E-state index contributed by atoms with van der Waals surface area (Å²) in [7, 11) is 1.79. The van der Waals surface area contributed by atoms with Crippen molar-refractivity contribution >= 4 is 55.9 Å². The van der Waals surface area contributed by atoms with Crippen LogP contribution in [-0.4, -0.2) is 17.0 Å². The molecule has 0 aliphatic rings. The number of rotatable bonds is 3. The Labute approximate surface area is 135 Å². The van der Waals surface area contributed by atoms with Crippen molar-refractivity contribution in [2.75, 3.05) is 17.7 Å². The van der Waals surface area contributed by atoms with E-state index in [0.717, 1.165) is 26.9 Å². The molecular weight excluding hydrogens is 352 g/mol. The molecule has 0 bridgehead atoms. The van der Waals surface area contributed by atoms with Crippen LogP contribution in [0.1, 0.15) is 0 Å². The highest BCUT2D eigenvalue weighted by molar-refractivity contribution is 9.10. The minimum atomic E-state index is 0.564. The van der Waals surface area contributed by atoms with Crippen LogP contribution in [0.25, 0.3) is 10.9 Å². The Hall–Kier alpha value is -1.85. The highest BCUT2D eigenvalue weighted by Crippen LogP contribution is 2.31. The highest BCUT2D eigenvalue weighted by Gasteiger charge is 2.09. The molecule has 106 valence electrons. The van der Waals surface area contributed by atoms with Gasteiger partial charge in [-0.2, -0.15) is 4.98 Å². The smallest absolute Gasteiger partial charge is 0.224 e. The van der Waals surface area contributed by atoms with Crippen molar-refractivity contribution in [3.8, 4) is 0 Å². The van der Waals surface area contributed by atoms with E-state index in [1.165, 1.54) is 0 Å². The molecule has 21 heavy (non-hydrogen) atoms. The van der Waals surface area contributed by atoms with Crippen LogP contribution in [0.3, 0.4) is 0 Å². The van der Waals surface area contributed by atoms with E-state index in [1.54, 1.807) is 7.05 Å². The van der Waals surface area contributed by atoms with Gasteiger partial charge in [-0.05, 0) is 46.3 Å². The van der Waals surface area contributed by atoms with Crippen molar-refractivity contribution in [2.45, 2.75) is 0 Å². The van der Waals surface area contributed by atoms with Crippen LogP contribution < -0.4 is 10.6 Å². The van der Waals surface area contributed by atoms with E-state index < -0.39 is 0 Å². The first-order chi connectivity index (χ1) is 10.2. The van der Waals surface area contributed by atoms with Gasteiger partial charge in [-0.1, -0.05) is 23.7 Å². The minimum Gasteiger partial charge on any atom is -0.357 e. The molecule has 1 aromatic heterocycles. The van der Waals surface area contributed by atoms with Gasteiger partial charge in [0.1, 0.15) is 5.82 Å². The summed E-state index contributed by atoms with van der Waals surface area (Å²) in [5.41, 5.74) is 1.73. The number of nitrogens with zero attached hydrogens (tertiary/aromatic N) is 2. The lowest BCUT2D eigenvalue weighted by atomic mass is 10.2. The molecular formula is C15H12BrClN4. The van der Waals surface area contributed by atoms with E-state index in [4.69, 9.17) is 11.6 Å². The molecule has 3 rings (SSSR count). The van der Waals surface area contributed by atoms with Crippen molar-refractivity contribution in [3.05, 3.63) is 52.0 Å². The van der Waals surface area contributed by atoms with Crippen molar-refractivity contribution in [3.63, 3.8) is 0 Å². The summed E-state index contributed by atoms with van der Waals surface area (Å²) in [5, 5.41) is 7.89. The molecule has 4 nitrogen and oxygen atoms in total. The number of fused-ring (bicyclic) bond motifs is 1. The average Bonchev–Trinajstić information content (AvgIpc) is 2.50. The first-order valence-electron chi connectivity index (χ1n) is 6.34. The summed E-state index contributed by atoms with van der Waals surface area (Å²) < 4.78 is 0.917. The largest absolute Gasteiger partial charge is 0.357 e. The van der Waals surface area contributed by atoms with Crippen LogP contribution in [0.5, 0.6) is 0 Å². The lowest BCUT2D eigenvalue weighted by molar-refractivity contribution is 1.19. The number of hydrogen-bond donors (Lipinski definition) is 2. The summed E-state index contributed by atoms with van der Waals surface area (Å²) in [6.07, 6.45) is 0. The maximum Gasteiger partial charge on any atom is 0.224 e. The molecule has 0 aliphatic carbocycles. The fourth-order valence-electron chi connectivity index (χ4n) is 2.00. The zero-order chi connectivity index (χ0) is 14.8. The normalized spacial score (nSPS) is 10.6. The Morgan fingerprint density at radius 2 is 1.90 bits per heavy atom. The average molecular weight is 364 g/mol. The lowest BCUT2D eigenvalue weighted by Gasteiger charge is -2.12. The maximum absolute atomic E-state index is 6.05. The molecule has 2 N–H and O–H groups in total. The van der Waals surface area contributed by atoms with Crippen LogP contribution in [0.2, 0.25) is 5.02 Å². The van der Waals surface area contributed by atoms with Gasteiger partial charge in [0.2, 0.25) is 5.95 Å². The van der Waals surface area contributed by atoms with Gasteiger partial charge in [0.25, 0.3) is 0 Å². The Morgan fingerprint density at radius 3 is 2.71 bits per heavy atom. The monoisotopic (exact) mass is 362 g/mol. The fraction of sp³-hybridized carbons (Fsp3) is 0.0667. The van der Waals surface area contributed by atoms with Gasteiger partial charge in [0.05, 0.1) is 11.2 Å². The number of anilines is 3.